The number of benzene rings is 2. The van der Waals surface area contributed by atoms with E-state index < -0.39 is 5.92 Å². The lowest BCUT2D eigenvalue weighted by Crippen LogP contribution is -2.31. The molecule has 0 radical (unpaired) electrons. The lowest BCUT2D eigenvalue weighted by Gasteiger charge is -2.21. The quantitative estimate of drug-likeness (QED) is 0.652. The van der Waals surface area contributed by atoms with Gasteiger partial charge in [-0.2, -0.15) is 0 Å². The number of ether oxygens (including phenoxy) is 3. The highest BCUT2D eigenvalue weighted by Crippen LogP contribution is 2.42. The predicted octanol–water partition coefficient (Wildman–Crippen LogP) is 3.25. The molecule has 0 spiro atoms. The van der Waals surface area contributed by atoms with E-state index >= 15 is 0 Å². The van der Waals surface area contributed by atoms with Crippen molar-refractivity contribution >= 4 is 29.1 Å². The Balaban J connectivity index is 1.54. The van der Waals surface area contributed by atoms with E-state index in [9.17, 15) is 14.4 Å². The van der Waals surface area contributed by atoms with Crippen LogP contribution in [0.15, 0.2) is 30.3 Å². The number of likely N-dealkylation sites (tertiary alicyclic amines) is 1. The Kier molecular flexibility index (Phi) is 7.14. The zero-order valence-corrected chi connectivity index (χ0v) is 20.6. The molecular weight excluding hydrogens is 450 g/mol. The third kappa shape index (κ3) is 4.76. The summed E-state index contributed by atoms with van der Waals surface area (Å²) in [5.41, 5.74) is 2.34. The molecule has 1 atom stereocenters. The van der Waals surface area contributed by atoms with Crippen molar-refractivity contribution in [3.63, 3.8) is 0 Å². The van der Waals surface area contributed by atoms with E-state index in [1.54, 1.807) is 23.1 Å². The molecule has 186 valence electrons. The summed E-state index contributed by atoms with van der Waals surface area (Å²) in [6.07, 6.45) is 2.03. The monoisotopic (exact) mass is 481 g/mol. The van der Waals surface area contributed by atoms with Gasteiger partial charge >= 0.3 is 0 Å². The van der Waals surface area contributed by atoms with Gasteiger partial charge in [-0.1, -0.05) is 12.1 Å². The minimum Gasteiger partial charge on any atom is -0.493 e. The Hall–Kier alpha value is -3.75. The van der Waals surface area contributed by atoms with Gasteiger partial charge in [0.15, 0.2) is 11.5 Å². The summed E-state index contributed by atoms with van der Waals surface area (Å²) in [4.78, 5) is 42.6. The third-order valence-corrected chi connectivity index (χ3v) is 6.60. The van der Waals surface area contributed by atoms with Gasteiger partial charge in [-0.3, -0.25) is 14.4 Å². The smallest absolute Gasteiger partial charge is 0.255 e. The number of amides is 3. The van der Waals surface area contributed by atoms with Crippen molar-refractivity contribution in [2.75, 3.05) is 51.2 Å². The van der Waals surface area contributed by atoms with Crippen molar-refractivity contribution in [3.8, 4) is 17.2 Å². The second-order valence-electron chi connectivity index (χ2n) is 8.77. The summed E-state index contributed by atoms with van der Waals surface area (Å²) < 4.78 is 16.2. The van der Waals surface area contributed by atoms with Gasteiger partial charge in [-0.15, -0.1) is 0 Å². The third-order valence-electron chi connectivity index (χ3n) is 6.60. The molecule has 2 heterocycles. The van der Waals surface area contributed by atoms with E-state index in [2.05, 4.69) is 5.32 Å². The van der Waals surface area contributed by atoms with Gasteiger partial charge in [0.1, 0.15) is 0 Å². The first-order valence-corrected chi connectivity index (χ1v) is 11.7. The highest BCUT2D eigenvalue weighted by molar-refractivity contribution is 6.08. The lowest BCUT2D eigenvalue weighted by molar-refractivity contribution is -0.122. The fourth-order valence-corrected chi connectivity index (χ4v) is 4.68. The summed E-state index contributed by atoms with van der Waals surface area (Å²) in [5.74, 6) is 0.143. The van der Waals surface area contributed by atoms with Crippen LogP contribution in [0.3, 0.4) is 0 Å². The number of rotatable bonds is 7. The number of carbonyl (C=O) groups is 3. The number of nitrogens with one attached hydrogen (secondary N) is 1. The number of hydrogen-bond donors (Lipinski definition) is 1. The van der Waals surface area contributed by atoms with Crippen LogP contribution in [0, 0.1) is 12.8 Å². The van der Waals surface area contributed by atoms with E-state index in [-0.39, 0.29) is 30.7 Å². The standard InChI is InChI=1S/C26H31N3O6/c1-16-8-7-9-19(26(32)28-10-5-6-11-28)23(16)27-25(31)17-12-22(30)29(15-17)18-13-20(33-2)24(35-4)21(14-18)34-3/h7-9,13-14,17H,5-6,10-12,15H2,1-4H3,(H,27,31). The summed E-state index contributed by atoms with van der Waals surface area (Å²) in [6.45, 7) is 3.51. The number of methoxy groups -OCH3 is 3. The average molecular weight is 482 g/mol. The van der Waals surface area contributed by atoms with Crippen molar-refractivity contribution < 1.29 is 28.6 Å². The van der Waals surface area contributed by atoms with Crippen LogP contribution < -0.4 is 24.4 Å². The Morgan fingerprint density at radius 1 is 1.00 bits per heavy atom. The Labute approximate surface area is 204 Å². The average Bonchev–Trinajstić information content (AvgIpc) is 3.54. The molecule has 2 aliphatic rings. The first kappa shape index (κ1) is 24.4. The van der Waals surface area contributed by atoms with Crippen molar-refractivity contribution in [2.24, 2.45) is 5.92 Å². The highest BCUT2D eigenvalue weighted by atomic mass is 16.5. The van der Waals surface area contributed by atoms with E-state index in [0.717, 1.165) is 31.5 Å². The number of anilines is 2. The molecule has 9 nitrogen and oxygen atoms in total. The molecule has 1 N–H and O–H groups in total. The second kappa shape index (κ2) is 10.2. The Morgan fingerprint density at radius 2 is 1.66 bits per heavy atom. The number of nitrogens with zero attached hydrogens (tertiary/aromatic N) is 2. The molecule has 3 amide bonds. The molecular formula is C26H31N3O6. The van der Waals surface area contributed by atoms with Gasteiger partial charge < -0.3 is 29.3 Å². The molecule has 9 heteroatoms. The maximum absolute atomic E-state index is 13.2. The summed E-state index contributed by atoms with van der Waals surface area (Å²) in [6, 6.07) is 8.80. The van der Waals surface area contributed by atoms with Gasteiger partial charge in [0, 0.05) is 38.2 Å². The van der Waals surface area contributed by atoms with Gasteiger partial charge in [-0.25, -0.2) is 0 Å². The zero-order valence-electron chi connectivity index (χ0n) is 20.6. The zero-order chi connectivity index (χ0) is 25.1. The van der Waals surface area contributed by atoms with Crippen molar-refractivity contribution in [3.05, 3.63) is 41.5 Å². The maximum atomic E-state index is 13.2. The number of hydrogen-bond acceptors (Lipinski definition) is 6. The van der Waals surface area contributed by atoms with Crippen LogP contribution in [0.2, 0.25) is 0 Å². The SMILES string of the molecule is COc1cc(N2CC(C(=O)Nc3c(C)cccc3C(=O)N3CCCC3)CC2=O)cc(OC)c1OC. The van der Waals surface area contributed by atoms with E-state index in [4.69, 9.17) is 14.2 Å². The first-order chi connectivity index (χ1) is 16.9. The van der Waals surface area contributed by atoms with Crippen LogP contribution in [0.1, 0.15) is 35.2 Å². The number of carbonyl (C=O) groups excluding carboxylic acids is 3. The predicted molar refractivity (Wildman–Crippen MR) is 132 cm³/mol. The molecule has 35 heavy (non-hydrogen) atoms. The normalized spacial score (nSPS) is 17.5. The van der Waals surface area contributed by atoms with Gasteiger partial charge in [0.05, 0.1) is 44.2 Å². The fraction of sp³-hybridized carbons (Fsp3) is 0.423. The molecule has 2 aromatic carbocycles. The molecule has 0 aliphatic carbocycles. The Morgan fingerprint density at radius 3 is 2.26 bits per heavy atom. The van der Waals surface area contributed by atoms with Crippen LogP contribution in [0.5, 0.6) is 17.2 Å². The maximum Gasteiger partial charge on any atom is 0.255 e. The van der Waals surface area contributed by atoms with Crippen molar-refractivity contribution in [1.29, 1.82) is 0 Å². The largest absolute Gasteiger partial charge is 0.493 e. The topological polar surface area (TPSA) is 97.4 Å². The molecule has 4 rings (SSSR count). The van der Waals surface area contributed by atoms with Crippen LogP contribution in [-0.4, -0.2) is 63.6 Å². The summed E-state index contributed by atoms with van der Waals surface area (Å²) >= 11 is 0. The van der Waals surface area contributed by atoms with Gasteiger partial charge in [-0.05, 0) is 31.4 Å². The molecule has 0 saturated carbocycles. The molecule has 2 saturated heterocycles. The fourth-order valence-electron chi connectivity index (χ4n) is 4.68. The van der Waals surface area contributed by atoms with Crippen molar-refractivity contribution in [1.82, 2.24) is 4.90 Å². The van der Waals surface area contributed by atoms with E-state index in [1.165, 1.54) is 21.3 Å². The van der Waals surface area contributed by atoms with E-state index in [0.29, 0.717) is 34.2 Å². The molecule has 2 aliphatic heterocycles. The number of para-hydroxylation sites is 1. The van der Waals surface area contributed by atoms with Gasteiger partial charge in [0.2, 0.25) is 17.6 Å². The molecule has 2 fully saturated rings. The van der Waals surface area contributed by atoms with Crippen LogP contribution >= 0.6 is 0 Å². The van der Waals surface area contributed by atoms with Crippen LogP contribution in [0.4, 0.5) is 11.4 Å². The molecule has 0 aromatic heterocycles. The molecule has 1 unspecified atom stereocenters. The Bertz CT molecular complexity index is 1120. The van der Waals surface area contributed by atoms with Gasteiger partial charge in [0.25, 0.3) is 5.91 Å². The van der Waals surface area contributed by atoms with Crippen LogP contribution in [-0.2, 0) is 9.59 Å². The second-order valence-corrected chi connectivity index (χ2v) is 8.77. The minimum absolute atomic E-state index is 0.0593. The summed E-state index contributed by atoms with van der Waals surface area (Å²) in [5, 5.41) is 2.95. The van der Waals surface area contributed by atoms with Crippen LogP contribution in [0.25, 0.3) is 0 Å². The number of aryl methyl sites for hydroxylation is 1. The summed E-state index contributed by atoms with van der Waals surface area (Å²) in [7, 11) is 4.52. The van der Waals surface area contributed by atoms with Crippen molar-refractivity contribution in [2.45, 2.75) is 26.2 Å². The highest BCUT2D eigenvalue weighted by Gasteiger charge is 2.36. The molecule has 2 aromatic rings. The minimum atomic E-state index is -0.573. The lowest BCUT2D eigenvalue weighted by atomic mass is 10.0. The first-order valence-electron chi connectivity index (χ1n) is 11.7. The molecule has 0 bridgehead atoms. The van der Waals surface area contributed by atoms with E-state index in [1.807, 2.05) is 24.0 Å².